The largest absolute Gasteiger partial charge is 0.325 e. The maximum Gasteiger partial charge on any atom is 0.234 e. The van der Waals surface area contributed by atoms with Crippen LogP contribution in [0.5, 0.6) is 0 Å². The Kier molecular flexibility index (Phi) is 6.21. The van der Waals surface area contributed by atoms with Crippen LogP contribution in [0.4, 0.5) is 5.69 Å². The van der Waals surface area contributed by atoms with E-state index in [0.29, 0.717) is 22.3 Å². The summed E-state index contributed by atoms with van der Waals surface area (Å²) in [7, 11) is 0. The zero-order chi connectivity index (χ0) is 20.9. The first-order chi connectivity index (χ1) is 14.6. The van der Waals surface area contributed by atoms with E-state index >= 15 is 0 Å². The average molecular weight is 438 g/mol. The van der Waals surface area contributed by atoms with E-state index in [1.165, 1.54) is 11.8 Å². The maximum atomic E-state index is 12.5. The number of nitrogens with zero attached hydrogens (tertiary/aromatic N) is 4. The molecule has 152 valence electrons. The van der Waals surface area contributed by atoms with Gasteiger partial charge in [0.1, 0.15) is 0 Å². The Morgan fingerprint density at radius 3 is 2.60 bits per heavy atom. The Balaban J connectivity index is 1.51. The lowest BCUT2D eigenvalue weighted by Crippen LogP contribution is -2.17. The number of carbonyl (C=O) groups excluding carboxylic acids is 1. The van der Waals surface area contributed by atoms with Crippen LogP contribution in [-0.4, -0.2) is 31.2 Å². The van der Waals surface area contributed by atoms with Crippen molar-refractivity contribution < 1.29 is 4.79 Å². The molecule has 2 aromatic carbocycles. The van der Waals surface area contributed by atoms with Gasteiger partial charge in [0.2, 0.25) is 11.1 Å². The molecule has 4 aromatic rings. The van der Waals surface area contributed by atoms with Crippen molar-refractivity contribution in [1.29, 1.82) is 0 Å². The average Bonchev–Trinajstić information content (AvgIpc) is 3.40. The number of amides is 1. The molecular weight excluding hydrogens is 418 g/mol. The monoisotopic (exact) mass is 437 g/mol. The molecule has 1 N–H and O–H groups in total. The Labute approximate surface area is 183 Å². The topological polar surface area (TPSA) is 64.7 Å². The van der Waals surface area contributed by atoms with E-state index in [1.807, 2.05) is 65.1 Å². The Hall–Kier alpha value is -3.03. The molecule has 0 unspecified atom stereocenters. The van der Waals surface area contributed by atoms with Crippen LogP contribution >= 0.6 is 23.4 Å². The number of hydrogen-bond acceptors (Lipinski definition) is 4. The molecular formula is C22H20ClN5OS. The van der Waals surface area contributed by atoms with Crippen molar-refractivity contribution in [2.24, 2.45) is 0 Å². The first-order valence-corrected chi connectivity index (χ1v) is 10.8. The molecule has 0 bridgehead atoms. The summed E-state index contributed by atoms with van der Waals surface area (Å²) in [5.74, 6) is 0.875. The molecule has 0 radical (unpaired) electrons. The Bertz CT molecular complexity index is 1140. The van der Waals surface area contributed by atoms with Gasteiger partial charge in [-0.1, -0.05) is 59.8 Å². The molecule has 2 aromatic heterocycles. The minimum atomic E-state index is -0.128. The molecule has 8 heteroatoms. The number of aromatic nitrogens is 4. The number of benzene rings is 2. The van der Waals surface area contributed by atoms with E-state index in [4.69, 9.17) is 11.6 Å². The smallest absolute Gasteiger partial charge is 0.234 e. The molecule has 0 saturated heterocycles. The second kappa shape index (κ2) is 9.19. The van der Waals surface area contributed by atoms with Crippen LogP contribution in [0.3, 0.4) is 0 Å². The van der Waals surface area contributed by atoms with Crippen LogP contribution < -0.4 is 5.32 Å². The van der Waals surface area contributed by atoms with Crippen LogP contribution in [0.15, 0.2) is 78.2 Å². The standard InChI is InChI=1S/C22H20ClN5OS/c1-16-9-10-18(23)14-19(16)24-21(29)15-30-22-26-25-20(13-17-7-3-2-4-8-17)28(22)27-11-5-6-12-27/h2-12,14H,13,15H2,1H3,(H,24,29). The third kappa shape index (κ3) is 4.75. The van der Waals surface area contributed by atoms with Crippen LogP contribution in [0.25, 0.3) is 0 Å². The quantitative estimate of drug-likeness (QED) is 0.426. The van der Waals surface area contributed by atoms with E-state index in [9.17, 15) is 4.79 Å². The van der Waals surface area contributed by atoms with E-state index in [0.717, 1.165) is 17.0 Å². The zero-order valence-electron chi connectivity index (χ0n) is 16.3. The zero-order valence-corrected chi connectivity index (χ0v) is 17.9. The second-order valence-corrected chi connectivity index (χ2v) is 8.11. The van der Waals surface area contributed by atoms with Gasteiger partial charge in [-0.15, -0.1) is 10.2 Å². The summed E-state index contributed by atoms with van der Waals surface area (Å²) < 4.78 is 3.84. The van der Waals surface area contributed by atoms with Gasteiger partial charge in [0, 0.05) is 29.5 Å². The predicted octanol–water partition coefficient (Wildman–Crippen LogP) is 4.67. The Morgan fingerprint density at radius 2 is 1.83 bits per heavy atom. The summed E-state index contributed by atoms with van der Waals surface area (Å²) in [6, 6.07) is 19.4. The number of thioether (sulfide) groups is 1. The van der Waals surface area contributed by atoms with Gasteiger partial charge in [0.25, 0.3) is 0 Å². The van der Waals surface area contributed by atoms with E-state index in [-0.39, 0.29) is 11.7 Å². The number of aryl methyl sites for hydroxylation is 1. The van der Waals surface area contributed by atoms with Gasteiger partial charge in [-0.25, -0.2) is 4.68 Å². The van der Waals surface area contributed by atoms with Crippen LogP contribution in [-0.2, 0) is 11.2 Å². The van der Waals surface area contributed by atoms with Crippen molar-refractivity contribution in [2.45, 2.75) is 18.5 Å². The number of anilines is 1. The molecule has 0 fully saturated rings. The molecule has 1 amide bonds. The van der Waals surface area contributed by atoms with Crippen LogP contribution in [0.2, 0.25) is 5.02 Å². The highest BCUT2D eigenvalue weighted by Gasteiger charge is 2.16. The first kappa shape index (κ1) is 20.3. The fraction of sp³-hybridized carbons (Fsp3) is 0.136. The summed E-state index contributed by atoms with van der Waals surface area (Å²) in [5, 5.41) is 12.9. The third-order valence-corrected chi connectivity index (χ3v) is 5.66. The Morgan fingerprint density at radius 1 is 1.07 bits per heavy atom. The summed E-state index contributed by atoms with van der Waals surface area (Å²) in [4.78, 5) is 12.5. The number of nitrogens with one attached hydrogen (secondary N) is 1. The van der Waals surface area contributed by atoms with Crippen molar-refractivity contribution in [3.8, 4) is 0 Å². The summed E-state index contributed by atoms with van der Waals surface area (Å²) in [6.07, 6.45) is 4.50. The lowest BCUT2D eigenvalue weighted by atomic mass is 10.1. The van der Waals surface area contributed by atoms with Crippen molar-refractivity contribution in [2.75, 3.05) is 11.1 Å². The number of carbonyl (C=O) groups is 1. The lowest BCUT2D eigenvalue weighted by molar-refractivity contribution is -0.113. The molecule has 0 aliphatic rings. The highest BCUT2D eigenvalue weighted by molar-refractivity contribution is 7.99. The summed E-state index contributed by atoms with van der Waals surface area (Å²) in [5.41, 5.74) is 2.81. The number of hydrogen-bond donors (Lipinski definition) is 1. The molecule has 4 rings (SSSR count). The molecule has 6 nitrogen and oxygen atoms in total. The number of rotatable bonds is 7. The van der Waals surface area contributed by atoms with Gasteiger partial charge < -0.3 is 5.32 Å². The van der Waals surface area contributed by atoms with Crippen LogP contribution in [0.1, 0.15) is 17.0 Å². The van der Waals surface area contributed by atoms with E-state index in [1.54, 1.807) is 12.1 Å². The van der Waals surface area contributed by atoms with Crippen molar-refractivity contribution in [3.63, 3.8) is 0 Å². The predicted molar refractivity (Wildman–Crippen MR) is 120 cm³/mol. The molecule has 0 atom stereocenters. The highest BCUT2D eigenvalue weighted by Crippen LogP contribution is 2.22. The fourth-order valence-corrected chi connectivity index (χ4v) is 3.94. The van der Waals surface area contributed by atoms with Gasteiger partial charge in [-0.3, -0.25) is 9.47 Å². The normalized spacial score (nSPS) is 10.9. The van der Waals surface area contributed by atoms with Gasteiger partial charge in [0.05, 0.1) is 5.75 Å². The van der Waals surface area contributed by atoms with Gasteiger partial charge >= 0.3 is 0 Å². The maximum absolute atomic E-state index is 12.5. The van der Waals surface area contributed by atoms with Crippen LogP contribution in [0, 0.1) is 6.92 Å². The van der Waals surface area contributed by atoms with Gasteiger partial charge in [-0.2, -0.15) is 0 Å². The minimum absolute atomic E-state index is 0.128. The fourth-order valence-electron chi connectivity index (χ4n) is 3.01. The SMILES string of the molecule is Cc1ccc(Cl)cc1NC(=O)CSc1nnc(Cc2ccccc2)n1-n1cccc1. The van der Waals surface area contributed by atoms with Gasteiger partial charge in [-0.05, 0) is 42.3 Å². The first-order valence-electron chi connectivity index (χ1n) is 9.41. The van der Waals surface area contributed by atoms with E-state index < -0.39 is 0 Å². The molecule has 0 aliphatic carbocycles. The van der Waals surface area contributed by atoms with Crippen molar-refractivity contribution in [3.05, 3.63) is 95.0 Å². The highest BCUT2D eigenvalue weighted by atomic mass is 35.5. The molecule has 0 aliphatic heterocycles. The molecule has 0 spiro atoms. The molecule has 0 saturated carbocycles. The third-order valence-electron chi connectivity index (χ3n) is 4.51. The summed E-state index contributed by atoms with van der Waals surface area (Å²) in [6.45, 7) is 1.93. The second-order valence-electron chi connectivity index (χ2n) is 6.73. The summed E-state index contributed by atoms with van der Waals surface area (Å²) >= 11 is 7.38. The van der Waals surface area contributed by atoms with Crippen molar-refractivity contribution >= 4 is 35.0 Å². The molecule has 2 heterocycles. The van der Waals surface area contributed by atoms with E-state index in [2.05, 4.69) is 27.6 Å². The van der Waals surface area contributed by atoms with Gasteiger partial charge in [0.15, 0.2) is 5.82 Å². The lowest BCUT2D eigenvalue weighted by Gasteiger charge is -2.12. The molecule has 30 heavy (non-hydrogen) atoms. The number of halogens is 1. The van der Waals surface area contributed by atoms with Crippen molar-refractivity contribution in [1.82, 2.24) is 19.5 Å². The minimum Gasteiger partial charge on any atom is -0.325 e.